The molecule has 0 aromatic heterocycles. The molecule has 2 aromatic carbocycles. The van der Waals surface area contributed by atoms with Gasteiger partial charge in [0, 0.05) is 6.54 Å². The Hall–Kier alpha value is -2.54. The molecule has 0 radical (unpaired) electrons. The van der Waals surface area contributed by atoms with Gasteiger partial charge in [0.25, 0.3) is 0 Å². The lowest BCUT2D eigenvalue weighted by atomic mass is 10.1. The van der Waals surface area contributed by atoms with E-state index in [1.807, 2.05) is 57.2 Å². The van der Waals surface area contributed by atoms with E-state index in [1.165, 1.54) is 4.31 Å². The van der Waals surface area contributed by atoms with Crippen LogP contribution < -0.4 is 14.4 Å². The van der Waals surface area contributed by atoms with Crippen LogP contribution in [0.4, 0.5) is 5.69 Å². The zero-order valence-electron chi connectivity index (χ0n) is 18.4. The molecular formula is C23H32N2O4S. The molecule has 1 amide bonds. The molecule has 7 heteroatoms. The van der Waals surface area contributed by atoms with E-state index in [1.54, 1.807) is 13.2 Å². The molecule has 1 atom stereocenters. The number of ether oxygens (including phenoxy) is 1. The highest BCUT2D eigenvalue weighted by molar-refractivity contribution is 7.92. The second kappa shape index (κ2) is 10.5. The van der Waals surface area contributed by atoms with Gasteiger partial charge in [-0.2, -0.15) is 0 Å². The predicted octanol–water partition coefficient (Wildman–Crippen LogP) is 3.61. The summed E-state index contributed by atoms with van der Waals surface area (Å²) >= 11 is 0. The van der Waals surface area contributed by atoms with Crippen molar-refractivity contribution in [2.75, 3.05) is 24.2 Å². The first-order chi connectivity index (χ1) is 14.2. The number of hydrogen-bond donors (Lipinski definition) is 1. The number of sulfonamides is 1. The SMILES string of the molecule is CC[C@H](C(=O)NCCCc1cccc(OC)c1)N(c1ccc(C)c(C)c1)S(C)(=O)=O. The number of anilines is 1. The molecule has 0 spiro atoms. The lowest BCUT2D eigenvalue weighted by Gasteiger charge is -2.30. The van der Waals surface area contributed by atoms with Gasteiger partial charge in [-0.15, -0.1) is 0 Å². The van der Waals surface area contributed by atoms with Crippen molar-refractivity contribution in [1.82, 2.24) is 5.32 Å². The van der Waals surface area contributed by atoms with Crippen molar-refractivity contribution in [3.8, 4) is 5.75 Å². The second-order valence-electron chi connectivity index (χ2n) is 7.50. The number of benzene rings is 2. The maximum Gasteiger partial charge on any atom is 0.243 e. The highest BCUT2D eigenvalue weighted by atomic mass is 32.2. The van der Waals surface area contributed by atoms with Gasteiger partial charge in [0.05, 0.1) is 19.1 Å². The Kier molecular flexibility index (Phi) is 8.29. The average molecular weight is 433 g/mol. The summed E-state index contributed by atoms with van der Waals surface area (Å²) in [6.45, 7) is 6.19. The molecule has 0 fully saturated rings. The minimum Gasteiger partial charge on any atom is -0.497 e. The third-order valence-electron chi connectivity index (χ3n) is 5.15. The molecule has 2 aromatic rings. The van der Waals surface area contributed by atoms with Gasteiger partial charge in [-0.05, 0) is 74.1 Å². The summed E-state index contributed by atoms with van der Waals surface area (Å²) in [7, 11) is -1.99. The number of carbonyl (C=O) groups is 1. The number of amides is 1. The summed E-state index contributed by atoms with van der Waals surface area (Å²) < 4.78 is 31.5. The van der Waals surface area contributed by atoms with Crippen molar-refractivity contribution < 1.29 is 17.9 Å². The normalized spacial score (nSPS) is 12.3. The number of nitrogens with one attached hydrogen (secondary N) is 1. The summed E-state index contributed by atoms with van der Waals surface area (Å²) in [6.07, 6.45) is 3.06. The standard InChI is InChI=1S/C23H32N2O4S/c1-6-22(25(30(5,27)28)20-13-12-17(2)18(3)15-20)23(26)24-14-8-10-19-9-7-11-21(16-19)29-4/h7,9,11-13,15-16,22H,6,8,10,14H2,1-5H3,(H,24,26)/t22-/m1/s1. The average Bonchev–Trinajstić information content (AvgIpc) is 2.70. The Morgan fingerprint density at radius 2 is 1.87 bits per heavy atom. The Morgan fingerprint density at radius 1 is 1.13 bits per heavy atom. The van der Waals surface area contributed by atoms with Crippen LogP contribution in [0.2, 0.25) is 0 Å². The number of aryl methyl sites for hydroxylation is 3. The topological polar surface area (TPSA) is 75.7 Å². The van der Waals surface area contributed by atoms with Crippen LogP contribution in [0.3, 0.4) is 0 Å². The summed E-state index contributed by atoms with van der Waals surface area (Å²) in [6, 6.07) is 12.5. The molecule has 0 aliphatic rings. The van der Waals surface area contributed by atoms with Crippen molar-refractivity contribution in [1.29, 1.82) is 0 Å². The Labute approximate surface area is 180 Å². The number of nitrogens with zero attached hydrogens (tertiary/aromatic N) is 1. The Bertz CT molecular complexity index is 973. The number of rotatable bonds is 10. The molecule has 0 bridgehead atoms. The van der Waals surface area contributed by atoms with E-state index in [4.69, 9.17) is 4.74 Å². The largest absolute Gasteiger partial charge is 0.497 e. The van der Waals surface area contributed by atoms with Crippen LogP contribution in [0, 0.1) is 13.8 Å². The Balaban J connectivity index is 2.07. The van der Waals surface area contributed by atoms with Gasteiger partial charge in [-0.25, -0.2) is 8.42 Å². The minimum absolute atomic E-state index is 0.285. The molecule has 0 unspecified atom stereocenters. The van der Waals surface area contributed by atoms with E-state index >= 15 is 0 Å². The molecule has 2 rings (SSSR count). The van der Waals surface area contributed by atoms with Gasteiger partial charge in [-0.1, -0.05) is 25.1 Å². The first-order valence-electron chi connectivity index (χ1n) is 10.1. The number of hydrogen-bond acceptors (Lipinski definition) is 4. The van der Waals surface area contributed by atoms with Crippen LogP contribution in [0.25, 0.3) is 0 Å². The molecule has 0 heterocycles. The third-order valence-corrected chi connectivity index (χ3v) is 6.33. The number of methoxy groups -OCH3 is 1. The quantitative estimate of drug-likeness (QED) is 0.582. The molecule has 6 nitrogen and oxygen atoms in total. The first kappa shape index (κ1) is 23.7. The van der Waals surface area contributed by atoms with Crippen LogP contribution in [0.1, 0.15) is 36.5 Å². The van der Waals surface area contributed by atoms with Crippen LogP contribution in [0.5, 0.6) is 5.75 Å². The summed E-state index contributed by atoms with van der Waals surface area (Å²) in [5, 5.41) is 2.90. The molecule has 0 aliphatic carbocycles. The highest BCUT2D eigenvalue weighted by Gasteiger charge is 2.31. The highest BCUT2D eigenvalue weighted by Crippen LogP contribution is 2.25. The summed E-state index contributed by atoms with van der Waals surface area (Å²) in [4.78, 5) is 12.9. The fourth-order valence-corrected chi connectivity index (χ4v) is 4.58. The first-order valence-corrected chi connectivity index (χ1v) is 12.0. The van der Waals surface area contributed by atoms with E-state index < -0.39 is 16.1 Å². The predicted molar refractivity (Wildman–Crippen MR) is 122 cm³/mol. The fraction of sp³-hybridized carbons (Fsp3) is 0.435. The lowest BCUT2D eigenvalue weighted by molar-refractivity contribution is -0.122. The van der Waals surface area contributed by atoms with Crippen LogP contribution in [-0.4, -0.2) is 40.3 Å². The van der Waals surface area contributed by atoms with Gasteiger partial charge in [0.2, 0.25) is 15.9 Å². The molecule has 164 valence electrons. The monoisotopic (exact) mass is 432 g/mol. The molecule has 30 heavy (non-hydrogen) atoms. The van der Waals surface area contributed by atoms with Crippen molar-refractivity contribution in [3.05, 3.63) is 59.2 Å². The number of carbonyl (C=O) groups excluding carboxylic acids is 1. The third kappa shape index (κ3) is 6.23. The van der Waals surface area contributed by atoms with E-state index in [2.05, 4.69) is 5.32 Å². The zero-order chi connectivity index (χ0) is 22.3. The molecular weight excluding hydrogens is 400 g/mol. The molecule has 0 aliphatic heterocycles. The Morgan fingerprint density at radius 3 is 2.47 bits per heavy atom. The minimum atomic E-state index is -3.63. The van der Waals surface area contributed by atoms with Crippen LogP contribution in [0.15, 0.2) is 42.5 Å². The molecule has 1 N–H and O–H groups in total. The van der Waals surface area contributed by atoms with Gasteiger partial charge in [0.15, 0.2) is 0 Å². The van der Waals surface area contributed by atoms with Crippen LogP contribution >= 0.6 is 0 Å². The van der Waals surface area contributed by atoms with E-state index in [0.717, 1.165) is 41.5 Å². The molecule has 0 saturated carbocycles. The van der Waals surface area contributed by atoms with Gasteiger partial charge < -0.3 is 10.1 Å². The van der Waals surface area contributed by atoms with Gasteiger partial charge in [0.1, 0.15) is 11.8 Å². The zero-order valence-corrected chi connectivity index (χ0v) is 19.3. The van der Waals surface area contributed by atoms with E-state index in [-0.39, 0.29) is 5.91 Å². The summed E-state index contributed by atoms with van der Waals surface area (Å²) in [5.41, 5.74) is 3.69. The van der Waals surface area contributed by atoms with E-state index in [9.17, 15) is 13.2 Å². The van der Waals surface area contributed by atoms with Crippen molar-refractivity contribution >= 4 is 21.6 Å². The van der Waals surface area contributed by atoms with Crippen molar-refractivity contribution in [2.45, 2.75) is 46.1 Å². The second-order valence-corrected chi connectivity index (χ2v) is 9.36. The van der Waals surface area contributed by atoms with Crippen molar-refractivity contribution in [2.24, 2.45) is 0 Å². The lowest BCUT2D eigenvalue weighted by Crippen LogP contribution is -2.49. The van der Waals surface area contributed by atoms with E-state index in [0.29, 0.717) is 18.7 Å². The van der Waals surface area contributed by atoms with Gasteiger partial charge in [-0.3, -0.25) is 9.10 Å². The van der Waals surface area contributed by atoms with Crippen LogP contribution in [-0.2, 0) is 21.2 Å². The smallest absolute Gasteiger partial charge is 0.243 e. The van der Waals surface area contributed by atoms with Gasteiger partial charge >= 0.3 is 0 Å². The maximum atomic E-state index is 12.9. The maximum absolute atomic E-state index is 12.9. The van der Waals surface area contributed by atoms with Crippen molar-refractivity contribution in [3.63, 3.8) is 0 Å². The molecule has 0 saturated heterocycles. The fourth-order valence-electron chi connectivity index (χ4n) is 3.37. The summed E-state index contributed by atoms with van der Waals surface area (Å²) in [5.74, 6) is 0.520.